The van der Waals surface area contributed by atoms with Crippen LogP contribution in [0.15, 0.2) is 30.3 Å². The molecule has 1 unspecified atom stereocenters. The molecule has 0 spiro atoms. The Labute approximate surface area is 137 Å². The fourth-order valence-electron chi connectivity index (χ4n) is 2.79. The van der Waals surface area contributed by atoms with Crippen LogP contribution in [-0.4, -0.2) is 25.2 Å². The van der Waals surface area contributed by atoms with Gasteiger partial charge in [-0.25, -0.2) is 9.59 Å². The van der Waals surface area contributed by atoms with E-state index in [2.05, 4.69) is 6.92 Å². The topological polar surface area (TPSA) is 52.6 Å². The van der Waals surface area contributed by atoms with Crippen LogP contribution in [0, 0.1) is 0 Å². The zero-order valence-corrected chi connectivity index (χ0v) is 13.8. The van der Waals surface area contributed by atoms with Gasteiger partial charge in [-0.3, -0.25) is 0 Å². The van der Waals surface area contributed by atoms with Crippen molar-refractivity contribution in [3.05, 3.63) is 41.5 Å². The van der Waals surface area contributed by atoms with E-state index in [1.807, 2.05) is 12.1 Å². The molecule has 2 rings (SSSR count). The third-order valence-electron chi connectivity index (χ3n) is 4.09. The second-order valence-corrected chi connectivity index (χ2v) is 5.80. The fourth-order valence-corrected chi connectivity index (χ4v) is 2.79. The summed E-state index contributed by atoms with van der Waals surface area (Å²) in [5.41, 5.74) is 2.32. The van der Waals surface area contributed by atoms with E-state index in [4.69, 9.17) is 9.47 Å². The quantitative estimate of drug-likeness (QED) is 0.534. The van der Waals surface area contributed by atoms with Gasteiger partial charge in [0.15, 0.2) is 0 Å². The molecule has 0 aliphatic carbocycles. The average molecular weight is 316 g/mol. The van der Waals surface area contributed by atoms with E-state index in [0.717, 1.165) is 30.4 Å². The van der Waals surface area contributed by atoms with Crippen LogP contribution in [0.3, 0.4) is 0 Å². The smallest absolute Gasteiger partial charge is 0.337 e. The van der Waals surface area contributed by atoms with Crippen LogP contribution >= 0.6 is 0 Å². The SMILES string of the molecule is CCCCCCCC1OC(=O)C=C1c1ccc(C(=O)OC)cc1. The first kappa shape index (κ1) is 17.3. The van der Waals surface area contributed by atoms with Gasteiger partial charge in [-0.15, -0.1) is 0 Å². The van der Waals surface area contributed by atoms with Crippen molar-refractivity contribution in [2.75, 3.05) is 7.11 Å². The summed E-state index contributed by atoms with van der Waals surface area (Å²) in [6.07, 6.45) is 8.14. The predicted molar refractivity (Wildman–Crippen MR) is 89.0 cm³/mol. The molecular formula is C19H24O4. The summed E-state index contributed by atoms with van der Waals surface area (Å²) in [6, 6.07) is 7.10. The van der Waals surface area contributed by atoms with Crippen LogP contribution in [0.2, 0.25) is 0 Å². The van der Waals surface area contributed by atoms with E-state index in [1.165, 1.54) is 26.4 Å². The molecule has 1 aliphatic rings. The van der Waals surface area contributed by atoms with Crippen molar-refractivity contribution >= 4 is 17.5 Å². The molecule has 1 aromatic rings. The number of rotatable bonds is 8. The number of unbranched alkanes of at least 4 members (excludes halogenated alkanes) is 4. The van der Waals surface area contributed by atoms with Crippen molar-refractivity contribution < 1.29 is 19.1 Å². The number of ether oxygens (including phenoxy) is 2. The molecule has 0 bridgehead atoms. The molecule has 0 N–H and O–H groups in total. The average Bonchev–Trinajstić information content (AvgIpc) is 2.95. The molecule has 1 aromatic carbocycles. The highest BCUT2D eigenvalue weighted by Crippen LogP contribution is 2.30. The standard InChI is InChI=1S/C19H24O4/c1-3-4-5-6-7-8-17-16(13-18(20)23-17)14-9-11-15(12-10-14)19(21)22-2/h9-13,17H,3-8H2,1-2H3. The number of esters is 2. The van der Waals surface area contributed by atoms with Gasteiger partial charge in [0.2, 0.25) is 0 Å². The molecule has 23 heavy (non-hydrogen) atoms. The summed E-state index contributed by atoms with van der Waals surface area (Å²) in [7, 11) is 1.36. The molecule has 1 heterocycles. The maximum absolute atomic E-state index is 11.6. The first-order chi connectivity index (χ1) is 11.2. The fraction of sp³-hybridized carbons (Fsp3) is 0.474. The molecule has 124 valence electrons. The molecular weight excluding hydrogens is 292 g/mol. The maximum atomic E-state index is 11.6. The largest absolute Gasteiger partial charge is 0.465 e. The van der Waals surface area contributed by atoms with Crippen molar-refractivity contribution in [3.8, 4) is 0 Å². The number of benzene rings is 1. The first-order valence-corrected chi connectivity index (χ1v) is 8.26. The lowest BCUT2D eigenvalue weighted by molar-refractivity contribution is -0.138. The Morgan fingerprint density at radius 2 is 1.83 bits per heavy atom. The lowest BCUT2D eigenvalue weighted by Crippen LogP contribution is -2.11. The minimum Gasteiger partial charge on any atom is -0.465 e. The van der Waals surface area contributed by atoms with E-state index in [1.54, 1.807) is 18.2 Å². The molecule has 0 saturated carbocycles. The monoisotopic (exact) mass is 316 g/mol. The first-order valence-electron chi connectivity index (χ1n) is 8.26. The van der Waals surface area contributed by atoms with Crippen LogP contribution in [0.25, 0.3) is 5.57 Å². The summed E-state index contributed by atoms with van der Waals surface area (Å²) in [4.78, 5) is 23.1. The molecule has 0 amide bonds. The number of carbonyl (C=O) groups excluding carboxylic acids is 2. The van der Waals surface area contributed by atoms with Crippen molar-refractivity contribution in [1.82, 2.24) is 0 Å². The highest BCUT2D eigenvalue weighted by atomic mass is 16.5. The van der Waals surface area contributed by atoms with E-state index in [-0.39, 0.29) is 18.0 Å². The molecule has 4 heteroatoms. The van der Waals surface area contributed by atoms with Crippen LogP contribution in [0.1, 0.15) is 61.4 Å². The number of hydrogen-bond donors (Lipinski definition) is 0. The van der Waals surface area contributed by atoms with Gasteiger partial charge >= 0.3 is 11.9 Å². The lowest BCUT2D eigenvalue weighted by Gasteiger charge is -2.14. The second-order valence-electron chi connectivity index (χ2n) is 5.80. The molecule has 1 atom stereocenters. The van der Waals surface area contributed by atoms with Gasteiger partial charge in [-0.1, -0.05) is 44.7 Å². The van der Waals surface area contributed by atoms with Gasteiger partial charge in [0, 0.05) is 11.6 Å². The minimum atomic E-state index is -0.364. The predicted octanol–water partition coefficient (Wildman–Crippen LogP) is 4.14. The highest BCUT2D eigenvalue weighted by molar-refractivity contribution is 5.97. The molecule has 1 aliphatic heterocycles. The zero-order valence-electron chi connectivity index (χ0n) is 13.8. The number of carbonyl (C=O) groups is 2. The number of methoxy groups -OCH3 is 1. The van der Waals surface area contributed by atoms with Gasteiger partial charge in [-0.2, -0.15) is 0 Å². The van der Waals surface area contributed by atoms with Crippen LogP contribution < -0.4 is 0 Å². The number of cyclic esters (lactones) is 1. The Morgan fingerprint density at radius 3 is 2.48 bits per heavy atom. The molecule has 0 saturated heterocycles. The van der Waals surface area contributed by atoms with E-state index in [0.29, 0.717) is 5.56 Å². The number of hydrogen-bond acceptors (Lipinski definition) is 4. The van der Waals surface area contributed by atoms with E-state index in [9.17, 15) is 9.59 Å². The van der Waals surface area contributed by atoms with Crippen molar-refractivity contribution in [2.45, 2.75) is 51.6 Å². The van der Waals surface area contributed by atoms with E-state index < -0.39 is 0 Å². The molecule has 0 radical (unpaired) electrons. The Morgan fingerprint density at radius 1 is 1.13 bits per heavy atom. The van der Waals surface area contributed by atoms with Gasteiger partial charge in [0.05, 0.1) is 12.7 Å². The third kappa shape index (κ3) is 4.68. The summed E-state index contributed by atoms with van der Waals surface area (Å²) in [6.45, 7) is 2.19. The van der Waals surface area contributed by atoms with E-state index >= 15 is 0 Å². The Balaban J connectivity index is 1.99. The Bertz CT molecular complexity index is 572. The molecule has 0 aromatic heterocycles. The summed E-state index contributed by atoms with van der Waals surface area (Å²) in [5, 5.41) is 0. The summed E-state index contributed by atoms with van der Waals surface area (Å²) in [5.74, 6) is -0.646. The minimum absolute atomic E-state index is 0.173. The Hall–Kier alpha value is -2.10. The van der Waals surface area contributed by atoms with Gasteiger partial charge in [0.1, 0.15) is 6.10 Å². The zero-order chi connectivity index (χ0) is 16.7. The van der Waals surface area contributed by atoms with Crippen LogP contribution in [-0.2, 0) is 14.3 Å². The second kappa shape index (κ2) is 8.51. The summed E-state index contributed by atoms with van der Waals surface area (Å²) < 4.78 is 10.1. The Kier molecular flexibility index (Phi) is 6.39. The molecule has 0 fully saturated rings. The van der Waals surface area contributed by atoms with Crippen molar-refractivity contribution in [3.63, 3.8) is 0 Å². The molecule has 4 nitrogen and oxygen atoms in total. The van der Waals surface area contributed by atoms with Crippen LogP contribution in [0.5, 0.6) is 0 Å². The van der Waals surface area contributed by atoms with Gasteiger partial charge in [-0.05, 0) is 30.5 Å². The normalized spacial score (nSPS) is 16.9. The third-order valence-corrected chi connectivity index (χ3v) is 4.09. The highest BCUT2D eigenvalue weighted by Gasteiger charge is 2.26. The maximum Gasteiger partial charge on any atom is 0.337 e. The van der Waals surface area contributed by atoms with Crippen molar-refractivity contribution in [1.29, 1.82) is 0 Å². The van der Waals surface area contributed by atoms with Gasteiger partial charge < -0.3 is 9.47 Å². The van der Waals surface area contributed by atoms with Crippen LogP contribution in [0.4, 0.5) is 0 Å². The summed E-state index contributed by atoms with van der Waals surface area (Å²) >= 11 is 0. The van der Waals surface area contributed by atoms with Crippen molar-refractivity contribution in [2.24, 2.45) is 0 Å². The van der Waals surface area contributed by atoms with Gasteiger partial charge in [0.25, 0.3) is 0 Å². The lowest BCUT2D eigenvalue weighted by atomic mass is 9.96.